The Bertz CT molecular complexity index is 1150. The van der Waals surface area contributed by atoms with E-state index < -0.39 is 22.0 Å². The molecule has 0 aliphatic rings. The minimum absolute atomic E-state index is 0.0709. The lowest BCUT2D eigenvalue weighted by molar-refractivity contribution is -0.117. The summed E-state index contributed by atoms with van der Waals surface area (Å²) in [6, 6.07) is 13.9. The van der Waals surface area contributed by atoms with Crippen LogP contribution in [-0.4, -0.2) is 27.5 Å². The van der Waals surface area contributed by atoms with Crippen LogP contribution in [0.2, 0.25) is 0 Å². The molecule has 0 saturated heterocycles. The number of carbonyl (C=O) groups is 1. The van der Waals surface area contributed by atoms with Crippen molar-refractivity contribution in [1.82, 2.24) is 0 Å². The van der Waals surface area contributed by atoms with Crippen molar-refractivity contribution in [2.75, 3.05) is 17.1 Å². The van der Waals surface area contributed by atoms with Crippen LogP contribution in [0.1, 0.15) is 12.7 Å². The Morgan fingerprint density at radius 2 is 1.80 bits per heavy atom. The summed E-state index contributed by atoms with van der Waals surface area (Å²) in [7, 11) is -2.48. The lowest BCUT2D eigenvalue weighted by Crippen LogP contribution is -2.32. The number of rotatable bonds is 7. The number of hydrogen-bond donors (Lipinski definition) is 3. The van der Waals surface area contributed by atoms with Crippen LogP contribution in [0.3, 0.4) is 0 Å². The molecule has 1 amide bonds. The fourth-order valence-electron chi connectivity index (χ4n) is 2.71. The normalized spacial score (nSPS) is 12.3. The second-order valence-electron chi connectivity index (χ2n) is 6.73. The average Bonchev–Trinajstić information content (AvgIpc) is 3.14. The smallest absolute Gasteiger partial charge is 0.262 e. The van der Waals surface area contributed by atoms with Crippen molar-refractivity contribution in [3.8, 4) is 17.1 Å². The molecule has 1 aromatic heterocycles. The predicted octanol–water partition coefficient (Wildman–Crippen LogP) is 3.35. The highest BCUT2D eigenvalue weighted by atomic mass is 32.2. The summed E-state index contributed by atoms with van der Waals surface area (Å²) in [5, 5.41) is 2.62. The summed E-state index contributed by atoms with van der Waals surface area (Å²) < 4.78 is 39.0. The molecule has 1 heterocycles. The number of furan rings is 1. The summed E-state index contributed by atoms with van der Waals surface area (Å²) in [6.45, 7) is 3.39. The average molecular weight is 429 g/mol. The van der Waals surface area contributed by atoms with Crippen molar-refractivity contribution in [3.63, 3.8) is 0 Å². The summed E-state index contributed by atoms with van der Waals surface area (Å²) in [5.74, 6) is 1.34. The van der Waals surface area contributed by atoms with Crippen molar-refractivity contribution in [2.24, 2.45) is 5.73 Å². The van der Waals surface area contributed by atoms with Crippen molar-refractivity contribution >= 4 is 27.3 Å². The zero-order chi connectivity index (χ0) is 21.9. The minimum Gasteiger partial charge on any atom is -0.495 e. The Morgan fingerprint density at radius 3 is 2.37 bits per heavy atom. The molecule has 9 heteroatoms. The molecule has 158 valence electrons. The van der Waals surface area contributed by atoms with Crippen LogP contribution in [-0.2, 0) is 14.8 Å². The van der Waals surface area contributed by atoms with E-state index in [0.29, 0.717) is 17.2 Å². The van der Waals surface area contributed by atoms with Gasteiger partial charge in [-0.05, 0) is 68.4 Å². The monoisotopic (exact) mass is 429 g/mol. The highest BCUT2D eigenvalue weighted by Gasteiger charge is 2.18. The number of ether oxygens (including phenoxy) is 1. The van der Waals surface area contributed by atoms with E-state index >= 15 is 0 Å². The van der Waals surface area contributed by atoms with Gasteiger partial charge in [-0.3, -0.25) is 9.52 Å². The number of nitrogens with one attached hydrogen (secondary N) is 2. The molecular formula is C21H23N3O5S. The van der Waals surface area contributed by atoms with E-state index in [0.717, 1.165) is 11.3 Å². The third kappa shape index (κ3) is 4.81. The van der Waals surface area contributed by atoms with Crippen LogP contribution in [0.25, 0.3) is 11.3 Å². The van der Waals surface area contributed by atoms with Gasteiger partial charge in [-0.1, -0.05) is 0 Å². The van der Waals surface area contributed by atoms with Gasteiger partial charge >= 0.3 is 0 Å². The van der Waals surface area contributed by atoms with Crippen molar-refractivity contribution in [2.45, 2.75) is 24.8 Å². The lowest BCUT2D eigenvalue weighted by Gasteiger charge is -2.15. The Labute approximate surface area is 175 Å². The maximum atomic E-state index is 12.9. The Hall–Kier alpha value is -3.30. The van der Waals surface area contributed by atoms with Crippen LogP contribution in [0.15, 0.2) is 63.9 Å². The maximum absolute atomic E-state index is 12.9. The van der Waals surface area contributed by atoms with E-state index in [1.54, 1.807) is 31.2 Å². The number of methoxy groups -OCH3 is 1. The van der Waals surface area contributed by atoms with Gasteiger partial charge in [0.1, 0.15) is 17.3 Å². The van der Waals surface area contributed by atoms with Crippen LogP contribution in [0.5, 0.6) is 5.75 Å². The van der Waals surface area contributed by atoms with E-state index in [2.05, 4.69) is 10.0 Å². The molecule has 1 atom stereocenters. The van der Waals surface area contributed by atoms with Crippen molar-refractivity contribution in [3.05, 3.63) is 60.4 Å². The largest absolute Gasteiger partial charge is 0.495 e. The first kappa shape index (κ1) is 21.4. The zero-order valence-corrected chi connectivity index (χ0v) is 17.6. The highest BCUT2D eigenvalue weighted by molar-refractivity contribution is 7.92. The Balaban J connectivity index is 1.86. The molecule has 30 heavy (non-hydrogen) atoms. The van der Waals surface area contributed by atoms with E-state index in [1.807, 2.05) is 19.1 Å². The molecule has 4 N–H and O–H groups in total. The maximum Gasteiger partial charge on any atom is 0.262 e. The molecular weight excluding hydrogens is 406 g/mol. The van der Waals surface area contributed by atoms with Gasteiger partial charge in [0.15, 0.2) is 0 Å². The molecule has 2 aromatic carbocycles. The Morgan fingerprint density at radius 1 is 1.10 bits per heavy atom. The number of hydrogen-bond acceptors (Lipinski definition) is 6. The Kier molecular flexibility index (Phi) is 6.14. The number of amides is 1. The molecule has 0 bridgehead atoms. The first-order valence-electron chi connectivity index (χ1n) is 9.14. The number of carbonyl (C=O) groups excluding carboxylic acids is 1. The quantitative estimate of drug-likeness (QED) is 0.529. The van der Waals surface area contributed by atoms with Crippen LogP contribution < -0.4 is 20.5 Å². The molecule has 3 rings (SSSR count). The third-order valence-electron chi connectivity index (χ3n) is 4.31. The van der Waals surface area contributed by atoms with Gasteiger partial charge in [0.2, 0.25) is 5.91 Å². The van der Waals surface area contributed by atoms with E-state index in [4.69, 9.17) is 14.9 Å². The number of benzene rings is 2. The van der Waals surface area contributed by atoms with Crippen molar-refractivity contribution < 1.29 is 22.4 Å². The minimum atomic E-state index is -3.90. The van der Waals surface area contributed by atoms with E-state index in [-0.39, 0.29) is 10.6 Å². The summed E-state index contributed by atoms with van der Waals surface area (Å²) in [5.41, 5.74) is 6.89. The van der Waals surface area contributed by atoms with Gasteiger partial charge in [0, 0.05) is 11.3 Å². The molecule has 0 spiro atoms. The van der Waals surface area contributed by atoms with E-state index in [9.17, 15) is 13.2 Å². The molecule has 0 saturated carbocycles. The number of anilines is 2. The molecule has 3 aromatic rings. The number of aryl methyl sites for hydroxylation is 1. The van der Waals surface area contributed by atoms with Gasteiger partial charge in [0.05, 0.1) is 23.7 Å². The number of nitrogens with two attached hydrogens (primary N) is 1. The van der Waals surface area contributed by atoms with Gasteiger partial charge in [0.25, 0.3) is 10.0 Å². The highest BCUT2D eigenvalue weighted by Crippen LogP contribution is 2.31. The SMILES string of the molecule is COc1ccc(NC(=O)C(C)N)cc1NS(=O)(=O)c1ccc(-c2ccc(C)o2)cc1. The van der Waals surface area contributed by atoms with Crippen LogP contribution >= 0.6 is 0 Å². The van der Waals surface area contributed by atoms with E-state index in [1.165, 1.54) is 25.3 Å². The zero-order valence-electron chi connectivity index (χ0n) is 16.8. The lowest BCUT2D eigenvalue weighted by atomic mass is 10.2. The molecule has 1 unspecified atom stereocenters. The fourth-order valence-corrected chi connectivity index (χ4v) is 3.77. The fraction of sp³-hybridized carbons (Fsp3) is 0.190. The second-order valence-corrected chi connectivity index (χ2v) is 8.42. The molecule has 0 radical (unpaired) electrons. The third-order valence-corrected chi connectivity index (χ3v) is 5.70. The van der Waals surface area contributed by atoms with Crippen LogP contribution in [0, 0.1) is 6.92 Å². The molecule has 0 aliphatic heterocycles. The van der Waals surface area contributed by atoms with Crippen molar-refractivity contribution in [1.29, 1.82) is 0 Å². The summed E-state index contributed by atoms with van der Waals surface area (Å²) >= 11 is 0. The summed E-state index contributed by atoms with van der Waals surface area (Å²) in [4.78, 5) is 11.9. The number of sulfonamides is 1. The van der Waals surface area contributed by atoms with Gasteiger partial charge in [-0.25, -0.2) is 8.42 Å². The van der Waals surface area contributed by atoms with Gasteiger partial charge < -0.3 is 20.2 Å². The van der Waals surface area contributed by atoms with Gasteiger partial charge in [-0.15, -0.1) is 0 Å². The molecule has 8 nitrogen and oxygen atoms in total. The topological polar surface area (TPSA) is 124 Å². The van der Waals surface area contributed by atoms with Crippen LogP contribution in [0.4, 0.5) is 11.4 Å². The second kappa shape index (κ2) is 8.60. The van der Waals surface area contributed by atoms with Gasteiger partial charge in [-0.2, -0.15) is 0 Å². The predicted molar refractivity (Wildman–Crippen MR) is 115 cm³/mol. The standard InChI is InChI=1S/C21H23N3O5S/c1-13-4-10-19(29-13)15-5-8-17(9-6-15)30(26,27)24-18-12-16(7-11-20(18)28-3)23-21(25)14(2)22/h4-12,14,24H,22H2,1-3H3,(H,23,25). The first-order chi connectivity index (χ1) is 14.2. The first-order valence-corrected chi connectivity index (χ1v) is 10.6. The molecule has 0 fully saturated rings. The molecule has 0 aliphatic carbocycles. The summed E-state index contributed by atoms with van der Waals surface area (Å²) in [6.07, 6.45) is 0.